The van der Waals surface area contributed by atoms with Crippen LogP contribution in [0.25, 0.3) is 0 Å². The van der Waals surface area contributed by atoms with Crippen LogP contribution in [0.1, 0.15) is 46.1 Å². The van der Waals surface area contributed by atoms with Crippen molar-refractivity contribution in [1.29, 1.82) is 0 Å². The molecule has 1 aromatic heterocycles. The second-order valence-corrected chi connectivity index (χ2v) is 6.06. The third kappa shape index (κ3) is 3.44. The van der Waals surface area contributed by atoms with Crippen LogP contribution in [0.2, 0.25) is 0 Å². The van der Waals surface area contributed by atoms with Gasteiger partial charge < -0.3 is 15.0 Å². The van der Waals surface area contributed by atoms with Crippen LogP contribution in [-0.2, 0) is 12.6 Å². The monoisotopic (exact) mass is 366 g/mol. The van der Waals surface area contributed by atoms with Gasteiger partial charge in [0, 0.05) is 0 Å². The van der Waals surface area contributed by atoms with E-state index in [1.807, 2.05) is 18.2 Å². The molecule has 0 aliphatic heterocycles. The summed E-state index contributed by atoms with van der Waals surface area (Å²) < 4.78 is 43.2. The smallest absolute Gasteiger partial charge is 0.431 e. The van der Waals surface area contributed by atoms with Crippen LogP contribution in [0.5, 0.6) is 5.75 Å². The molecule has 0 saturated carbocycles. The van der Waals surface area contributed by atoms with Crippen molar-refractivity contribution in [3.8, 4) is 5.75 Å². The zero-order valence-corrected chi connectivity index (χ0v) is 13.9. The number of pyridine rings is 1. The van der Waals surface area contributed by atoms with Gasteiger partial charge in [0.05, 0.1) is 13.2 Å². The molecule has 1 aliphatic carbocycles. The van der Waals surface area contributed by atoms with Gasteiger partial charge in [0.15, 0.2) is 0 Å². The molecule has 0 radical (unpaired) electrons. The lowest BCUT2D eigenvalue weighted by molar-refractivity contribution is -0.141. The van der Waals surface area contributed by atoms with Crippen molar-refractivity contribution in [2.24, 2.45) is 0 Å². The number of carbonyl (C=O) groups is 1. The first-order valence-corrected chi connectivity index (χ1v) is 8.08. The minimum atomic E-state index is -4.67. The zero-order chi connectivity index (χ0) is 18.9. The molecule has 1 aliphatic rings. The SMILES string of the molecule is COc1cccc2c1CCCC2NC(=O)c1ccc(C(F)(F)F)[nH]c1=O. The van der Waals surface area contributed by atoms with Crippen molar-refractivity contribution >= 4 is 5.91 Å². The van der Waals surface area contributed by atoms with Crippen molar-refractivity contribution in [2.75, 3.05) is 7.11 Å². The Morgan fingerprint density at radius 1 is 1.27 bits per heavy atom. The minimum Gasteiger partial charge on any atom is -0.496 e. The van der Waals surface area contributed by atoms with Crippen molar-refractivity contribution in [3.05, 3.63) is 63.1 Å². The van der Waals surface area contributed by atoms with E-state index in [1.165, 1.54) is 0 Å². The van der Waals surface area contributed by atoms with Gasteiger partial charge >= 0.3 is 6.18 Å². The third-order valence-electron chi connectivity index (χ3n) is 4.45. The average Bonchev–Trinajstić information content (AvgIpc) is 2.60. The summed E-state index contributed by atoms with van der Waals surface area (Å²) in [6.07, 6.45) is -2.37. The maximum Gasteiger partial charge on any atom is 0.431 e. The molecule has 1 heterocycles. The Morgan fingerprint density at radius 3 is 2.69 bits per heavy atom. The van der Waals surface area contributed by atoms with Crippen LogP contribution in [0.15, 0.2) is 35.1 Å². The van der Waals surface area contributed by atoms with E-state index in [-0.39, 0.29) is 11.6 Å². The normalized spacial score (nSPS) is 16.7. The highest BCUT2D eigenvalue weighted by molar-refractivity contribution is 5.94. The molecule has 8 heteroatoms. The molecule has 2 N–H and O–H groups in total. The maximum atomic E-state index is 12.6. The Kier molecular flexibility index (Phi) is 4.76. The lowest BCUT2D eigenvalue weighted by Gasteiger charge is -2.27. The number of amides is 1. The highest BCUT2D eigenvalue weighted by Crippen LogP contribution is 2.35. The Morgan fingerprint density at radius 2 is 2.04 bits per heavy atom. The summed E-state index contributed by atoms with van der Waals surface area (Å²) in [6, 6.07) is 6.78. The molecule has 1 amide bonds. The first-order chi connectivity index (χ1) is 12.3. The van der Waals surface area contributed by atoms with Crippen LogP contribution in [-0.4, -0.2) is 18.0 Å². The molecular weight excluding hydrogens is 349 g/mol. The molecule has 0 spiro atoms. The summed E-state index contributed by atoms with van der Waals surface area (Å²) in [4.78, 5) is 26.0. The van der Waals surface area contributed by atoms with Crippen LogP contribution >= 0.6 is 0 Å². The summed E-state index contributed by atoms with van der Waals surface area (Å²) >= 11 is 0. The van der Waals surface area contributed by atoms with Crippen molar-refractivity contribution in [3.63, 3.8) is 0 Å². The number of hydrogen-bond acceptors (Lipinski definition) is 3. The third-order valence-corrected chi connectivity index (χ3v) is 4.45. The quantitative estimate of drug-likeness (QED) is 0.876. The fourth-order valence-electron chi connectivity index (χ4n) is 3.21. The molecule has 1 aromatic carbocycles. The van der Waals surface area contributed by atoms with Crippen molar-refractivity contribution in [2.45, 2.75) is 31.5 Å². The van der Waals surface area contributed by atoms with Crippen LogP contribution in [0.4, 0.5) is 13.2 Å². The van der Waals surface area contributed by atoms with Crippen molar-refractivity contribution < 1.29 is 22.7 Å². The standard InChI is InChI=1S/C18H17F3N2O3/c1-26-14-7-3-4-10-11(14)5-2-6-13(10)22-16(24)12-8-9-15(18(19,20)21)23-17(12)25/h3-4,7-9,13H,2,5-6H2,1H3,(H,22,24)(H,23,25). The number of benzene rings is 1. The number of hydrogen-bond donors (Lipinski definition) is 2. The highest BCUT2D eigenvalue weighted by atomic mass is 19.4. The lowest BCUT2D eigenvalue weighted by atomic mass is 9.87. The Hall–Kier alpha value is -2.77. The molecule has 0 bridgehead atoms. The average molecular weight is 366 g/mol. The number of ether oxygens (including phenoxy) is 1. The molecule has 5 nitrogen and oxygen atoms in total. The van der Waals surface area contributed by atoms with Gasteiger partial charge in [-0.3, -0.25) is 9.59 Å². The Balaban J connectivity index is 1.85. The van der Waals surface area contributed by atoms with Gasteiger partial charge in [-0.05, 0) is 48.6 Å². The van der Waals surface area contributed by atoms with E-state index in [2.05, 4.69) is 5.32 Å². The fraction of sp³-hybridized carbons (Fsp3) is 0.333. The second-order valence-electron chi connectivity index (χ2n) is 6.06. The predicted molar refractivity (Wildman–Crippen MR) is 88.2 cm³/mol. The Bertz CT molecular complexity index is 890. The summed E-state index contributed by atoms with van der Waals surface area (Å²) in [5.74, 6) is 0.0227. The number of alkyl halides is 3. The summed E-state index contributed by atoms with van der Waals surface area (Å²) in [6.45, 7) is 0. The molecule has 0 saturated heterocycles. The summed E-state index contributed by atoms with van der Waals surface area (Å²) in [7, 11) is 1.57. The number of rotatable bonds is 3. The van der Waals surface area contributed by atoms with Gasteiger partial charge in [0.25, 0.3) is 11.5 Å². The second kappa shape index (κ2) is 6.86. The van der Waals surface area contributed by atoms with Crippen LogP contribution < -0.4 is 15.6 Å². The molecule has 138 valence electrons. The maximum absolute atomic E-state index is 12.6. The number of aromatic amines is 1. The van der Waals surface area contributed by atoms with E-state index in [4.69, 9.17) is 4.74 Å². The zero-order valence-electron chi connectivity index (χ0n) is 13.9. The van der Waals surface area contributed by atoms with Crippen molar-refractivity contribution in [1.82, 2.24) is 10.3 Å². The number of halogens is 3. The van der Waals surface area contributed by atoms with E-state index in [1.54, 1.807) is 12.1 Å². The number of aromatic nitrogens is 1. The minimum absolute atomic E-state index is 0.331. The van der Waals surface area contributed by atoms with Gasteiger partial charge in [0.2, 0.25) is 0 Å². The van der Waals surface area contributed by atoms with Crippen LogP contribution in [0.3, 0.4) is 0 Å². The van der Waals surface area contributed by atoms with Gasteiger partial charge in [-0.15, -0.1) is 0 Å². The number of carbonyl (C=O) groups excluding carboxylic acids is 1. The number of H-pyrrole nitrogens is 1. The van der Waals surface area contributed by atoms with Gasteiger partial charge in [-0.25, -0.2) is 0 Å². The molecule has 0 fully saturated rings. The van der Waals surface area contributed by atoms with Crippen LogP contribution in [0, 0.1) is 0 Å². The molecule has 2 aromatic rings. The molecule has 26 heavy (non-hydrogen) atoms. The van der Waals surface area contributed by atoms with E-state index in [0.717, 1.165) is 35.8 Å². The number of fused-ring (bicyclic) bond motifs is 1. The first kappa shape index (κ1) is 18.0. The fourth-order valence-corrected chi connectivity index (χ4v) is 3.21. The number of methoxy groups -OCH3 is 1. The van der Waals surface area contributed by atoms with E-state index >= 15 is 0 Å². The first-order valence-electron chi connectivity index (χ1n) is 8.08. The largest absolute Gasteiger partial charge is 0.496 e. The Labute approximate surface area is 147 Å². The highest BCUT2D eigenvalue weighted by Gasteiger charge is 2.32. The van der Waals surface area contributed by atoms with E-state index < -0.39 is 23.3 Å². The van der Waals surface area contributed by atoms with Gasteiger partial charge in [-0.2, -0.15) is 13.2 Å². The topological polar surface area (TPSA) is 71.2 Å². The predicted octanol–water partition coefficient (Wildman–Crippen LogP) is 3.21. The van der Waals surface area contributed by atoms with Gasteiger partial charge in [0.1, 0.15) is 17.0 Å². The molecular formula is C18H17F3N2O3. The van der Waals surface area contributed by atoms with E-state index in [9.17, 15) is 22.8 Å². The number of nitrogens with one attached hydrogen (secondary N) is 2. The molecule has 1 unspecified atom stereocenters. The lowest BCUT2D eigenvalue weighted by Crippen LogP contribution is -2.35. The molecule has 1 atom stereocenters. The summed E-state index contributed by atoms with van der Waals surface area (Å²) in [5, 5.41) is 2.75. The molecule has 3 rings (SSSR count). The van der Waals surface area contributed by atoms with Gasteiger partial charge in [-0.1, -0.05) is 12.1 Å². The summed E-state index contributed by atoms with van der Waals surface area (Å²) in [5.41, 5.74) is -0.723. The van der Waals surface area contributed by atoms with E-state index in [0.29, 0.717) is 12.5 Å².